The summed E-state index contributed by atoms with van der Waals surface area (Å²) in [6.07, 6.45) is 10.5. The number of rotatable bonds is 4. The van der Waals surface area contributed by atoms with E-state index in [1.165, 1.54) is 19.3 Å². The van der Waals surface area contributed by atoms with E-state index >= 15 is 0 Å². The highest BCUT2D eigenvalue weighted by molar-refractivity contribution is 5.26. The SMILES string of the molecule is C/C=C\C(=C/C)C1CC(F)c2nc(CC34CC(C3)C4)nn21. The zero-order valence-corrected chi connectivity index (χ0v) is 12.7. The molecule has 0 saturated heterocycles. The van der Waals surface area contributed by atoms with Crippen LogP contribution in [0.25, 0.3) is 0 Å². The first kappa shape index (κ1) is 13.2. The number of hydrogen-bond acceptors (Lipinski definition) is 2. The molecule has 0 aromatic carbocycles. The van der Waals surface area contributed by atoms with Crippen molar-refractivity contribution in [1.29, 1.82) is 0 Å². The Morgan fingerprint density at radius 3 is 2.71 bits per heavy atom. The monoisotopic (exact) mass is 287 g/mol. The minimum Gasteiger partial charge on any atom is -0.239 e. The Kier molecular flexibility index (Phi) is 2.85. The molecule has 112 valence electrons. The summed E-state index contributed by atoms with van der Waals surface area (Å²) in [5.74, 6) is 2.35. The van der Waals surface area contributed by atoms with E-state index < -0.39 is 6.17 Å². The molecule has 1 aromatic rings. The van der Waals surface area contributed by atoms with Gasteiger partial charge in [-0.3, -0.25) is 0 Å². The molecule has 3 fully saturated rings. The molecular formula is C17H22FN3. The summed E-state index contributed by atoms with van der Waals surface area (Å²) < 4.78 is 16.1. The molecular weight excluding hydrogens is 265 g/mol. The second-order valence-corrected chi connectivity index (χ2v) is 6.99. The molecule has 3 aliphatic carbocycles. The van der Waals surface area contributed by atoms with Crippen LogP contribution in [0.2, 0.25) is 0 Å². The summed E-state index contributed by atoms with van der Waals surface area (Å²) in [7, 11) is 0. The molecule has 0 amide bonds. The lowest BCUT2D eigenvalue weighted by molar-refractivity contribution is -0.106. The third kappa shape index (κ3) is 1.91. The fourth-order valence-electron chi connectivity index (χ4n) is 4.38. The first-order valence-electron chi connectivity index (χ1n) is 8.02. The van der Waals surface area contributed by atoms with E-state index in [1.807, 2.05) is 24.6 Å². The zero-order chi connectivity index (χ0) is 14.6. The third-order valence-corrected chi connectivity index (χ3v) is 5.48. The predicted octanol–water partition coefficient (Wildman–Crippen LogP) is 4.10. The highest BCUT2D eigenvalue weighted by atomic mass is 19.1. The summed E-state index contributed by atoms with van der Waals surface area (Å²) in [5.41, 5.74) is 1.60. The van der Waals surface area contributed by atoms with Gasteiger partial charge in [0, 0.05) is 12.8 Å². The Bertz CT molecular complexity index is 611. The van der Waals surface area contributed by atoms with Gasteiger partial charge >= 0.3 is 0 Å². The normalized spacial score (nSPS) is 37.5. The molecule has 3 nitrogen and oxygen atoms in total. The third-order valence-electron chi connectivity index (χ3n) is 5.48. The predicted molar refractivity (Wildman–Crippen MR) is 79.6 cm³/mol. The van der Waals surface area contributed by atoms with E-state index in [-0.39, 0.29) is 6.04 Å². The largest absolute Gasteiger partial charge is 0.239 e. The van der Waals surface area contributed by atoms with Crippen LogP contribution in [-0.2, 0) is 6.42 Å². The minimum atomic E-state index is -0.982. The fourth-order valence-corrected chi connectivity index (χ4v) is 4.38. The zero-order valence-electron chi connectivity index (χ0n) is 12.7. The molecule has 5 rings (SSSR count). The number of aromatic nitrogens is 3. The van der Waals surface area contributed by atoms with Crippen molar-refractivity contribution in [3.63, 3.8) is 0 Å². The highest BCUT2D eigenvalue weighted by Crippen LogP contribution is 2.65. The molecule has 4 heteroatoms. The minimum absolute atomic E-state index is 0.00507. The van der Waals surface area contributed by atoms with Crippen molar-refractivity contribution < 1.29 is 4.39 Å². The Balaban J connectivity index is 1.61. The number of nitrogens with zero attached hydrogens (tertiary/aromatic N) is 3. The topological polar surface area (TPSA) is 30.7 Å². The molecule has 0 N–H and O–H groups in total. The second kappa shape index (κ2) is 4.52. The maximum absolute atomic E-state index is 14.3. The number of fused-ring (bicyclic) bond motifs is 1. The van der Waals surface area contributed by atoms with E-state index in [0.717, 1.165) is 23.7 Å². The van der Waals surface area contributed by atoms with Crippen molar-refractivity contribution in [2.45, 2.75) is 58.2 Å². The van der Waals surface area contributed by atoms with Gasteiger partial charge in [0.2, 0.25) is 0 Å². The average molecular weight is 287 g/mol. The highest BCUT2D eigenvalue weighted by Gasteiger charge is 2.56. The van der Waals surface area contributed by atoms with Crippen LogP contribution < -0.4 is 0 Å². The van der Waals surface area contributed by atoms with E-state index in [2.05, 4.69) is 22.2 Å². The quantitative estimate of drug-likeness (QED) is 0.781. The standard InChI is InChI=1S/C17H22FN3/c1-3-5-12(4-2)14-6-13(18)16-19-15(20-21(14)16)10-17-7-11(8-17)9-17/h3-5,11,13-14H,6-10H2,1-2H3/b5-3-,12-4+. The first-order valence-corrected chi connectivity index (χ1v) is 8.02. The van der Waals surface area contributed by atoms with Gasteiger partial charge in [0.05, 0.1) is 6.04 Å². The van der Waals surface area contributed by atoms with Gasteiger partial charge in [0.1, 0.15) is 0 Å². The Morgan fingerprint density at radius 2 is 2.14 bits per heavy atom. The van der Waals surface area contributed by atoms with Crippen molar-refractivity contribution >= 4 is 0 Å². The Hall–Kier alpha value is -1.45. The summed E-state index contributed by atoms with van der Waals surface area (Å²) in [6.45, 7) is 3.99. The molecule has 0 radical (unpaired) electrons. The summed E-state index contributed by atoms with van der Waals surface area (Å²) >= 11 is 0. The lowest BCUT2D eigenvalue weighted by Gasteiger charge is -2.61. The van der Waals surface area contributed by atoms with E-state index in [4.69, 9.17) is 0 Å². The van der Waals surface area contributed by atoms with Gasteiger partial charge in [0.25, 0.3) is 0 Å². The van der Waals surface area contributed by atoms with Gasteiger partial charge in [-0.1, -0.05) is 18.2 Å². The lowest BCUT2D eigenvalue weighted by Crippen LogP contribution is -2.53. The maximum atomic E-state index is 14.3. The summed E-state index contributed by atoms with van der Waals surface area (Å²) in [4.78, 5) is 4.52. The number of alkyl halides is 1. The van der Waals surface area contributed by atoms with Gasteiger partial charge in [-0.25, -0.2) is 14.1 Å². The van der Waals surface area contributed by atoms with E-state index in [0.29, 0.717) is 17.7 Å². The van der Waals surface area contributed by atoms with Crippen LogP contribution in [0.5, 0.6) is 0 Å². The van der Waals surface area contributed by atoms with Gasteiger partial charge in [0.15, 0.2) is 17.8 Å². The van der Waals surface area contributed by atoms with Crippen LogP contribution in [-0.4, -0.2) is 14.8 Å². The van der Waals surface area contributed by atoms with Gasteiger partial charge in [-0.05, 0) is 50.0 Å². The number of allylic oxidation sites excluding steroid dienone is 4. The Labute approximate surface area is 125 Å². The molecule has 21 heavy (non-hydrogen) atoms. The van der Waals surface area contributed by atoms with Crippen LogP contribution in [0.1, 0.15) is 63.4 Å². The van der Waals surface area contributed by atoms with Gasteiger partial charge < -0.3 is 0 Å². The van der Waals surface area contributed by atoms with Gasteiger partial charge in [-0.2, -0.15) is 5.10 Å². The number of halogens is 1. The molecule has 4 aliphatic rings. The smallest absolute Gasteiger partial charge is 0.162 e. The summed E-state index contributed by atoms with van der Waals surface area (Å²) in [6, 6.07) is 0.00507. The lowest BCUT2D eigenvalue weighted by atomic mass is 9.43. The molecule has 2 bridgehead atoms. The molecule has 0 spiro atoms. The van der Waals surface area contributed by atoms with Gasteiger partial charge in [-0.15, -0.1) is 0 Å². The summed E-state index contributed by atoms with van der Waals surface area (Å²) in [5, 5.41) is 4.66. The first-order chi connectivity index (χ1) is 10.1. The van der Waals surface area contributed by atoms with Crippen molar-refractivity contribution in [2.24, 2.45) is 11.3 Å². The van der Waals surface area contributed by atoms with Crippen molar-refractivity contribution in [1.82, 2.24) is 14.8 Å². The maximum Gasteiger partial charge on any atom is 0.162 e. The van der Waals surface area contributed by atoms with Crippen LogP contribution in [0.4, 0.5) is 4.39 Å². The van der Waals surface area contributed by atoms with Crippen LogP contribution in [0.15, 0.2) is 23.8 Å². The van der Waals surface area contributed by atoms with Crippen molar-refractivity contribution in [3.05, 3.63) is 35.4 Å². The van der Waals surface area contributed by atoms with E-state index in [1.54, 1.807) is 0 Å². The number of hydrogen-bond donors (Lipinski definition) is 0. The molecule has 2 atom stereocenters. The molecule has 1 aromatic heterocycles. The molecule has 3 saturated carbocycles. The van der Waals surface area contributed by atoms with Crippen molar-refractivity contribution in [2.75, 3.05) is 0 Å². The van der Waals surface area contributed by atoms with Crippen LogP contribution >= 0.6 is 0 Å². The molecule has 1 aliphatic heterocycles. The fraction of sp³-hybridized carbons (Fsp3) is 0.647. The van der Waals surface area contributed by atoms with Crippen LogP contribution in [0.3, 0.4) is 0 Å². The van der Waals surface area contributed by atoms with E-state index in [9.17, 15) is 4.39 Å². The molecule has 2 heterocycles. The van der Waals surface area contributed by atoms with Crippen molar-refractivity contribution in [3.8, 4) is 0 Å². The van der Waals surface area contributed by atoms with Crippen LogP contribution in [0, 0.1) is 11.3 Å². The Morgan fingerprint density at radius 1 is 1.38 bits per heavy atom. The second-order valence-electron chi connectivity index (χ2n) is 6.99. The average Bonchev–Trinajstić information content (AvgIpc) is 2.91. The molecule has 2 unspecified atom stereocenters.